The summed E-state index contributed by atoms with van der Waals surface area (Å²) < 4.78 is 2.63. The van der Waals surface area contributed by atoms with Crippen LogP contribution in [0.5, 0.6) is 0 Å². The average molecular weight is 333 g/mol. The molecule has 0 amide bonds. The van der Waals surface area contributed by atoms with Crippen molar-refractivity contribution in [1.29, 1.82) is 0 Å². The zero-order chi connectivity index (χ0) is 16.1. The number of aryl methyl sites for hydroxylation is 2. The summed E-state index contributed by atoms with van der Waals surface area (Å²) in [6.07, 6.45) is 8.01. The number of aromatic nitrogens is 3. The molecule has 5 heteroatoms. The molecule has 1 aliphatic carbocycles. The summed E-state index contributed by atoms with van der Waals surface area (Å²) in [6.45, 7) is 0. The van der Waals surface area contributed by atoms with Crippen molar-refractivity contribution in [3.05, 3.63) is 63.7 Å². The van der Waals surface area contributed by atoms with Crippen LogP contribution in [0.4, 0.5) is 0 Å². The van der Waals surface area contributed by atoms with Crippen molar-refractivity contribution >= 4 is 27.2 Å². The maximum Gasteiger partial charge on any atom is 0.266 e. The molecular formula is C19H15N3OS. The molecule has 0 N–H and O–H groups in total. The normalized spacial score (nSPS) is 14.2. The van der Waals surface area contributed by atoms with Crippen molar-refractivity contribution in [2.24, 2.45) is 0 Å². The fourth-order valence-corrected chi connectivity index (χ4v) is 4.84. The van der Waals surface area contributed by atoms with Crippen molar-refractivity contribution in [2.45, 2.75) is 25.7 Å². The monoisotopic (exact) mass is 333 g/mol. The van der Waals surface area contributed by atoms with Crippen LogP contribution < -0.4 is 5.56 Å². The fourth-order valence-electron chi connectivity index (χ4n) is 3.51. The number of thiophene rings is 1. The molecule has 118 valence electrons. The van der Waals surface area contributed by atoms with E-state index in [0.717, 1.165) is 34.3 Å². The van der Waals surface area contributed by atoms with Gasteiger partial charge >= 0.3 is 0 Å². The Kier molecular flexibility index (Phi) is 3.03. The molecule has 4 aromatic rings. The Morgan fingerprint density at radius 3 is 2.75 bits per heavy atom. The predicted molar refractivity (Wildman–Crippen MR) is 96.7 cm³/mol. The lowest BCUT2D eigenvalue weighted by atomic mass is 9.98. The molecule has 3 aromatic heterocycles. The van der Waals surface area contributed by atoms with Gasteiger partial charge in [0.05, 0.1) is 15.8 Å². The van der Waals surface area contributed by atoms with E-state index in [-0.39, 0.29) is 5.56 Å². The van der Waals surface area contributed by atoms with E-state index in [2.05, 4.69) is 9.97 Å². The Balaban J connectivity index is 1.81. The van der Waals surface area contributed by atoms with Crippen LogP contribution in [0.25, 0.3) is 27.0 Å². The van der Waals surface area contributed by atoms with E-state index < -0.39 is 0 Å². The molecule has 0 aliphatic heterocycles. The molecule has 4 nitrogen and oxygen atoms in total. The Morgan fingerprint density at radius 2 is 1.88 bits per heavy atom. The Morgan fingerprint density at radius 1 is 1.04 bits per heavy atom. The summed E-state index contributed by atoms with van der Waals surface area (Å²) >= 11 is 1.75. The Bertz CT molecular complexity index is 1130. The third-order valence-electron chi connectivity index (χ3n) is 4.73. The van der Waals surface area contributed by atoms with E-state index in [1.54, 1.807) is 28.3 Å². The van der Waals surface area contributed by atoms with E-state index in [4.69, 9.17) is 0 Å². The fraction of sp³-hybridized carbons (Fsp3) is 0.211. The predicted octanol–water partition coefficient (Wildman–Crippen LogP) is 3.85. The summed E-state index contributed by atoms with van der Waals surface area (Å²) in [5.74, 6) is 0. The maximum absolute atomic E-state index is 12.9. The second-order valence-corrected chi connectivity index (χ2v) is 7.28. The summed E-state index contributed by atoms with van der Waals surface area (Å²) in [5, 5.41) is 0. The minimum absolute atomic E-state index is 0.0630. The summed E-state index contributed by atoms with van der Waals surface area (Å²) in [6, 6.07) is 9.66. The van der Waals surface area contributed by atoms with Crippen LogP contribution in [-0.4, -0.2) is 14.4 Å². The molecule has 5 rings (SSSR count). The van der Waals surface area contributed by atoms with Crippen LogP contribution in [0.15, 0.2) is 47.7 Å². The third-order valence-corrected chi connectivity index (χ3v) is 6.00. The molecular weight excluding hydrogens is 318 g/mol. The third kappa shape index (κ3) is 1.94. The topological polar surface area (TPSA) is 47.3 Å². The van der Waals surface area contributed by atoms with Crippen LogP contribution in [-0.2, 0) is 12.8 Å². The van der Waals surface area contributed by atoms with Crippen molar-refractivity contribution in [3.8, 4) is 11.1 Å². The SMILES string of the molecule is O=c1c(-c2ccccc2)cnc2c3sc4c(c3ncn12)CCCC4. The van der Waals surface area contributed by atoms with Crippen LogP contribution in [0, 0.1) is 0 Å². The van der Waals surface area contributed by atoms with Gasteiger partial charge in [0.1, 0.15) is 6.33 Å². The zero-order valence-corrected chi connectivity index (χ0v) is 13.8. The molecule has 1 aromatic carbocycles. The lowest BCUT2D eigenvalue weighted by Crippen LogP contribution is -2.17. The highest BCUT2D eigenvalue weighted by Gasteiger charge is 2.20. The molecule has 0 spiro atoms. The van der Waals surface area contributed by atoms with Crippen molar-refractivity contribution in [1.82, 2.24) is 14.4 Å². The molecule has 24 heavy (non-hydrogen) atoms. The molecule has 0 unspecified atom stereocenters. The molecule has 0 atom stereocenters. The second kappa shape index (κ2) is 5.24. The largest absolute Gasteiger partial charge is 0.268 e. The minimum atomic E-state index is -0.0630. The van der Waals surface area contributed by atoms with Crippen LogP contribution in [0.2, 0.25) is 0 Å². The van der Waals surface area contributed by atoms with E-state index in [0.29, 0.717) is 5.56 Å². The van der Waals surface area contributed by atoms with E-state index >= 15 is 0 Å². The van der Waals surface area contributed by atoms with E-state index in [9.17, 15) is 4.79 Å². The number of nitrogens with zero attached hydrogens (tertiary/aromatic N) is 3. The number of benzene rings is 1. The highest BCUT2D eigenvalue weighted by Crippen LogP contribution is 2.36. The van der Waals surface area contributed by atoms with Crippen LogP contribution >= 0.6 is 11.3 Å². The molecule has 0 fully saturated rings. The van der Waals surface area contributed by atoms with Crippen molar-refractivity contribution in [2.75, 3.05) is 0 Å². The van der Waals surface area contributed by atoms with Gasteiger partial charge < -0.3 is 0 Å². The minimum Gasteiger partial charge on any atom is -0.268 e. The first-order valence-electron chi connectivity index (χ1n) is 8.19. The first-order chi connectivity index (χ1) is 11.8. The molecule has 3 heterocycles. The average Bonchev–Trinajstić information content (AvgIpc) is 3.02. The van der Waals surface area contributed by atoms with Gasteiger partial charge in [-0.3, -0.25) is 4.79 Å². The number of fused-ring (bicyclic) bond motifs is 5. The Hall–Kier alpha value is -2.53. The zero-order valence-electron chi connectivity index (χ0n) is 13.0. The summed E-state index contributed by atoms with van der Waals surface area (Å²) in [7, 11) is 0. The molecule has 1 aliphatic rings. The Labute approximate surface area is 142 Å². The number of hydrogen-bond acceptors (Lipinski definition) is 4. The van der Waals surface area contributed by atoms with Gasteiger partial charge in [0.25, 0.3) is 5.56 Å². The highest BCUT2D eigenvalue weighted by atomic mass is 32.1. The highest BCUT2D eigenvalue weighted by molar-refractivity contribution is 7.20. The smallest absolute Gasteiger partial charge is 0.266 e. The van der Waals surface area contributed by atoms with Gasteiger partial charge in [-0.2, -0.15) is 0 Å². The quantitative estimate of drug-likeness (QED) is 0.531. The van der Waals surface area contributed by atoms with Crippen LogP contribution in [0.3, 0.4) is 0 Å². The lowest BCUT2D eigenvalue weighted by Gasteiger charge is -2.09. The number of rotatable bonds is 1. The van der Waals surface area contributed by atoms with Gasteiger partial charge in [0, 0.05) is 11.1 Å². The van der Waals surface area contributed by atoms with Gasteiger partial charge in [0.2, 0.25) is 0 Å². The first-order valence-corrected chi connectivity index (χ1v) is 9.00. The molecule has 0 saturated heterocycles. The van der Waals surface area contributed by atoms with E-state index in [1.807, 2.05) is 30.3 Å². The summed E-state index contributed by atoms with van der Waals surface area (Å²) in [4.78, 5) is 23.6. The summed E-state index contributed by atoms with van der Waals surface area (Å²) in [5.41, 5.74) is 4.56. The van der Waals surface area contributed by atoms with Gasteiger partial charge in [-0.25, -0.2) is 14.4 Å². The molecule has 0 bridgehead atoms. The van der Waals surface area contributed by atoms with E-state index in [1.165, 1.54) is 23.3 Å². The molecule has 0 saturated carbocycles. The standard InChI is InChI=1S/C19H15N3OS/c23-19-14(12-6-2-1-3-7-12)10-20-18-17-16(21-11-22(18)19)13-8-4-5-9-15(13)24-17/h1-3,6-7,10-11H,4-5,8-9H2. The van der Waals surface area contributed by atoms with Crippen molar-refractivity contribution in [3.63, 3.8) is 0 Å². The maximum atomic E-state index is 12.9. The second-order valence-electron chi connectivity index (χ2n) is 6.17. The lowest BCUT2D eigenvalue weighted by molar-refractivity contribution is 0.699. The van der Waals surface area contributed by atoms with Crippen LogP contribution in [0.1, 0.15) is 23.3 Å². The number of hydrogen-bond donors (Lipinski definition) is 0. The first kappa shape index (κ1) is 13.9. The van der Waals surface area contributed by atoms with Crippen molar-refractivity contribution < 1.29 is 0 Å². The van der Waals surface area contributed by atoms with Gasteiger partial charge in [-0.05, 0) is 36.8 Å². The van der Waals surface area contributed by atoms with Gasteiger partial charge in [0.15, 0.2) is 5.65 Å². The molecule has 0 radical (unpaired) electrons. The van der Waals surface area contributed by atoms with Gasteiger partial charge in [-0.15, -0.1) is 11.3 Å². The van der Waals surface area contributed by atoms with Gasteiger partial charge in [-0.1, -0.05) is 30.3 Å².